The second kappa shape index (κ2) is 8.94. The molecule has 1 nitrogen and oxygen atoms in total. The molecule has 0 fully saturated rings. The molecule has 0 saturated heterocycles. The molecule has 0 radical (unpaired) electrons. The van der Waals surface area contributed by atoms with Crippen LogP contribution in [0.15, 0.2) is 90.7 Å². The number of allylic oxidation sites excluding steroid dienone is 8. The van der Waals surface area contributed by atoms with E-state index < -0.39 is 0 Å². The molecule has 0 bridgehead atoms. The van der Waals surface area contributed by atoms with E-state index in [1.807, 2.05) is 44.2 Å². The fourth-order valence-electron chi connectivity index (χ4n) is 1.16. The molecule has 0 atom stereocenters. The zero-order chi connectivity index (χ0) is 14.0. The molecule has 0 aliphatic rings. The Kier molecular flexibility index (Phi) is 7.87. The van der Waals surface area contributed by atoms with Crippen LogP contribution in [0.3, 0.4) is 0 Å². The maximum absolute atomic E-state index is 4.42. The maximum Gasteiger partial charge on any atom is 0.0627 e. The largest absolute Gasteiger partial charge is 0.253 e. The van der Waals surface area contributed by atoms with Crippen LogP contribution in [0.25, 0.3) is 0 Å². The van der Waals surface area contributed by atoms with E-state index in [1.165, 1.54) is 0 Å². The van der Waals surface area contributed by atoms with Crippen molar-refractivity contribution in [3.63, 3.8) is 0 Å². The summed E-state index contributed by atoms with van der Waals surface area (Å²) in [5.74, 6) is 0. The highest BCUT2D eigenvalue weighted by Crippen LogP contribution is 2.11. The molecule has 0 N–H and O–H groups in total. The maximum atomic E-state index is 4.42. The second-order valence-electron chi connectivity index (χ2n) is 3.62. The van der Waals surface area contributed by atoms with Crippen LogP contribution in [0.5, 0.6) is 0 Å². The van der Waals surface area contributed by atoms with Crippen LogP contribution in [0.1, 0.15) is 13.8 Å². The Balaban J connectivity index is 5.01. The zero-order valence-electron chi connectivity index (χ0n) is 11.3. The molecule has 0 rings (SSSR count). The van der Waals surface area contributed by atoms with Gasteiger partial charge < -0.3 is 0 Å². The molecule has 18 heavy (non-hydrogen) atoms. The van der Waals surface area contributed by atoms with Gasteiger partial charge in [0.1, 0.15) is 0 Å². The zero-order valence-corrected chi connectivity index (χ0v) is 11.3. The molecular formula is C17H21N. The van der Waals surface area contributed by atoms with Crippen LogP contribution in [0.4, 0.5) is 0 Å². The Bertz CT molecular complexity index is 454. The lowest BCUT2D eigenvalue weighted by molar-refractivity contribution is 1.35. The van der Waals surface area contributed by atoms with Gasteiger partial charge in [-0.3, -0.25) is 4.99 Å². The number of nitrogens with zero attached hydrogens (tertiary/aromatic N) is 1. The van der Waals surface area contributed by atoms with Crippen molar-refractivity contribution in [3.8, 4) is 0 Å². The molecule has 94 valence electrons. The summed E-state index contributed by atoms with van der Waals surface area (Å²) in [6, 6.07) is 0. The van der Waals surface area contributed by atoms with E-state index >= 15 is 0 Å². The van der Waals surface area contributed by atoms with Crippen molar-refractivity contribution in [1.82, 2.24) is 0 Å². The second-order valence-corrected chi connectivity index (χ2v) is 3.62. The summed E-state index contributed by atoms with van der Waals surface area (Å²) in [4.78, 5) is 4.42. The fraction of sp³-hybridized carbons (Fsp3) is 0.118. The van der Waals surface area contributed by atoms with Gasteiger partial charge in [-0.2, -0.15) is 0 Å². The van der Waals surface area contributed by atoms with Crippen LogP contribution in [0, 0.1) is 0 Å². The Labute approximate surface area is 111 Å². The van der Waals surface area contributed by atoms with Gasteiger partial charge in [-0.15, -0.1) is 0 Å². The molecule has 0 aromatic carbocycles. The SMILES string of the molecule is C=C/C=C\C(=C)C(=C)N=C(C)/C(C=C)=C/C=C\C. The van der Waals surface area contributed by atoms with E-state index in [-0.39, 0.29) is 0 Å². The summed E-state index contributed by atoms with van der Waals surface area (Å²) in [6.45, 7) is 19.0. The average molecular weight is 239 g/mol. The summed E-state index contributed by atoms with van der Waals surface area (Å²) in [7, 11) is 0. The van der Waals surface area contributed by atoms with E-state index in [0.717, 1.165) is 16.9 Å². The van der Waals surface area contributed by atoms with E-state index in [4.69, 9.17) is 0 Å². The molecule has 0 aliphatic carbocycles. The van der Waals surface area contributed by atoms with Crippen LogP contribution >= 0.6 is 0 Å². The van der Waals surface area contributed by atoms with Gasteiger partial charge in [0, 0.05) is 5.71 Å². The first kappa shape index (κ1) is 15.9. The van der Waals surface area contributed by atoms with Crippen LogP contribution < -0.4 is 0 Å². The molecule has 0 amide bonds. The van der Waals surface area contributed by atoms with E-state index in [0.29, 0.717) is 5.70 Å². The van der Waals surface area contributed by atoms with Crippen LogP contribution in [-0.2, 0) is 0 Å². The molecule has 0 aliphatic heterocycles. The Morgan fingerprint density at radius 3 is 2.28 bits per heavy atom. The van der Waals surface area contributed by atoms with Crippen molar-refractivity contribution >= 4 is 5.71 Å². The average Bonchev–Trinajstić information content (AvgIpc) is 2.36. The lowest BCUT2D eigenvalue weighted by atomic mass is 10.1. The minimum Gasteiger partial charge on any atom is -0.253 e. The lowest BCUT2D eigenvalue weighted by Crippen LogP contribution is -1.95. The van der Waals surface area contributed by atoms with Gasteiger partial charge in [0.15, 0.2) is 0 Å². The predicted octanol–water partition coefficient (Wildman–Crippen LogP) is 4.95. The number of hydrogen-bond donors (Lipinski definition) is 0. The molecule has 0 spiro atoms. The Morgan fingerprint density at radius 1 is 1.11 bits per heavy atom. The third-order valence-corrected chi connectivity index (χ3v) is 2.21. The third-order valence-electron chi connectivity index (χ3n) is 2.21. The minimum atomic E-state index is 0.638. The topological polar surface area (TPSA) is 12.4 Å². The van der Waals surface area contributed by atoms with Crippen molar-refractivity contribution < 1.29 is 0 Å². The standard InChI is InChI=1S/C17H21N/c1-7-10-12-14(4)15(5)18-16(6)17(9-3)13-11-8-2/h7-13H,1,3-5H2,2,6H3/b11-8-,12-10-,17-13+,18-16?. The summed E-state index contributed by atoms with van der Waals surface area (Å²) in [6.07, 6.45) is 13.0. The fourth-order valence-corrected chi connectivity index (χ4v) is 1.16. The lowest BCUT2D eigenvalue weighted by Gasteiger charge is -2.03. The van der Waals surface area contributed by atoms with Crippen molar-refractivity contribution in [3.05, 3.63) is 85.7 Å². The van der Waals surface area contributed by atoms with Gasteiger partial charge in [0.2, 0.25) is 0 Å². The summed E-state index contributed by atoms with van der Waals surface area (Å²) in [5.41, 5.74) is 3.23. The van der Waals surface area contributed by atoms with Gasteiger partial charge >= 0.3 is 0 Å². The van der Waals surface area contributed by atoms with Gasteiger partial charge in [0.25, 0.3) is 0 Å². The van der Waals surface area contributed by atoms with E-state index in [9.17, 15) is 0 Å². The first-order valence-corrected chi connectivity index (χ1v) is 5.75. The predicted molar refractivity (Wildman–Crippen MR) is 83.8 cm³/mol. The normalized spacial score (nSPS) is 13.0. The first-order valence-electron chi connectivity index (χ1n) is 5.75. The highest BCUT2D eigenvalue weighted by Gasteiger charge is 1.99. The van der Waals surface area contributed by atoms with Crippen LogP contribution in [0.2, 0.25) is 0 Å². The summed E-state index contributed by atoms with van der Waals surface area (Å²) in [5, 5.41) is 0. The number of aliphatic imine (C=N–C) groups is 1. The van der Waals surface area contributed by atoms with Gasteiger partial charge in [-0.25, -0.2) is 0 Å². The molecular weight excluding hydrogens is 218 g/mol. The van der Waals surface area contributed by atoms with Crippen molar-refractivity contribution in [2.75, 3.05) is 0 Å². The minimum absolute atomic E-state index is 0.638. The highest BCUT2D eigenvalue weighted by molar-refractivity contribution is 6.01. The molecule has 0 heterocycles. The number of rotatable bonds is 7. The molecule has 0 unspecified atom stereocenters. The quantitative estimate of drug-likeness (QED) is 0.440. The Morgan fingerprint density at radius 2 is 1.78 bits per heavy atom. The highest BCUT2D eigenvalue weighted by atomic mass is 14.8. The smallest absolute Gasteiger partial charge is 0.0627 e. The van der Waals surface area contributed by atoms with Crippen LogP contribution in [-0.4, -0.2) is 5.71 Å². The number of hydrogen-bond acceptors (Lipinski definition) is 1. The summed E-state index contributed by atoms with van der Waals surface area (Å²) < 4.78 is 0. The van der Waals surface area contributed by atoms with E-state index in [1.54, 1.807) is 12.2 Å². The Hall–Kier alpha value is -2.15. The molecule has 0 aromatic heterocycles. The van der Waals surface area contributed by atoms with Gasteiger partial charge in [-0.05, 0) is 25.0 Å². The first-order chi connectivity index (χ1) is 8.56. The van der Waals surface area contributed by atoms with E-state index in [2.05, 4.69) is 31.3 Å². The summed E-state index contributed by atoms with van der Waals surface area (Å²) >= 11 is 0. The van der Waals surface area contributed by atoms with Crippen molar-refractivity contribution in [2.45, 2.75) is 13.8 Å². The monoisotopic (exact) mass is 239 g/mol. The van der Waals surface area contributed by atoms with Gasteiger partial charge in [0.05, 0.1) is 5.70 Å². The van der Waals surface area contributed by atoms with Gasteiger partial charge in [-0.1, -0.05) is 68.8 Å². The molecule has 1 heteroatoms. The van der Waals surface area contributed by atoms with Crippen molar-refractivity contribution in [2.24, 2.45) is 4.99 Å². The van der Waals surface area contributed by atoms with Crippen molar-refractivity contribution in [1.29, 1.82) is 0 Å². The molecule has 0 aromatic rings. The molecule has 0 saturated carbocycles. The third kappa shape index (κ3) is 5.80.